The molecule has 2 heterocycles. The van der Waals surface area contributed by atoms with E-state index in [9.17, 15) is 9.59 Å². The van der Waals surface area contributed by atoms with Gasteiger partial charge in [-0.25, -0.2) is 4.98 Å². The van der Waals surface area contributed by atoms with Crippen LogP contribution in [0.1, 0.15) is 31.0 Å². The molecule has 1 fully saturated rings. The van der Waals surface area contributed by atoms with Gasteiger partial charge in [0.05, 0.1) is 18.7 Å². The first-order valence-electron chi connectivity index (χ1n) is 8.77. The molecule has 26 heavy (non-hydrogen) atoms. The summed E-state index contributed by atoms with van der Waals surface area (Å²) in [7, 11) is 1.79. The Morgan fingerprint density at radius 3 is 2.77 bits per heavy atom. The van der Waals surface area contributed by atoms with E-state index in [1.807, 2.05) is 36.6 Å². The van der Waals surface area contributed by atoms with E-state index in [1.54, 1.807) is 16.8 Å². The Balaban J connectivity index is 1.55. The van der Waals surface area contributed by atoms with Gasteiger partial charge in [-0.2, -0.15) is 0 Å². The van der Waals surface area contributed by atoms with Crippen molar-refractivity contribution in [3.05, 3.63) is 40.9 Å². The van der Waals surface area contributed by atoms with Crippen LogP contribution in [0, 0.1) is 0 Å². The Labute approximate surface area is 157 Å². The summed E-state index contributed by atoms with van der Waals surface area (Å²) in [5.41, 5.74) is 1.76. The number of anilines is 1. The summed E-state index contributed by atoms with van der Waals surface area (Å²) in [5, 5.41) is 2.56. The van der Waals surface area contributed by atoms with Crippen LogP contribution in [0.4, 0.5) is 5.13 Å². The van der Waals surface area contributed by atoms with Crippen LogP contribution >= 0.6 is 11.3 Å². The van der Waals surface area contributed by atoms with Crippen LogP contribution in [0.3, 0.4) is 0 Å². The standard InChI is InChI=1S/C19H23N3O3S/c1-3-25-16-8-6-14(7-9-16)12-21(2)18(24)11-15-13-26-19(20-15)22-10-4-5-17(22)23/h6-9,13H,3-5,10-12H2,1-2H3. The van der Waals surface area contributed by atoms with Gasteiger partial charge in [-0.15, -0.1) is 11.3 Å². The van der Waals surface area contributed by atoms with Crippen LogP contribution in [0.2, 0.25) is 0 Å². The Morgan fingerprint density at radius 1 is 1.35 bits per heavy atom. The number of hydrogen-bond donors (Lipinski definition) is 0. The average molecular weight is 373 g/mol. The summed E-state index contributed by atoms with van der Waals surface area (Å²) in [4.78, 5) is 32.1. The topological polar surface area (TPSA) is 62.7 Å². The molecule has 1 aliphatic rings. The van der Waals surface area contributed by atoms with Gasteiger partial charge in [-0.3, -0.25) is 14.5 Å². The van der Waals surface area contributed by atoms with Gasteiger partial charge in [-0.1, -0.05) is 12.1 Å². The van der Waals surface area contributed by atoms with E-state index >= 15 is 0 Å². The molecule has 0 N–H and O–H groups in total. The van der Waals surface area contributed by atoms with E-state index in [1.165, 1.54) is 11.3 Å². The molecule has 6 nitrogen and oxygen atoms in total. The first-order valence-corrected chi connectivity index (χ1v) is 9.65. The van der Waals surface area contributed by atoms with Crippen molar-refractivity contribution in [1.82, 2.24) is 9.88 Å². The lowest BCUT2D eigenvalue weighted by molar-refractivity contribution is -0.129. The molecule has 1 aliphatic heterocycles. The number of carbonyl (C=O) groups is 2. The highest BCUT2D eigenvalue weighted by Gasteiger charge is 2.24. The smallest absolute Gasteiger partial charge is 0.228 e. The maximum absolute atomic E-state index is 12.5. The summed E-state index contributed by atoms with van der Waals surface area (Å²) in [6, 6.07) is 7.76. The van der Waals surface area contributed by atoms with Gasteiger partial charge in [0.2, 0.25) is 11.8 Å². The molecule has 1 aromatic heterocycles. The molecular weight excluding hydrogens is 350 g/mol. The minimum Gasteiger partial charge on any atom is -0.494 e. The third-order valence-corrected chi connectivity index (χ3v) is 5.17. The first-order chi connectivity index (χ1) is 12.6. The van der Waals surface area contributed by atoms with Crippen molar-refractivity contribution >= 4 is 28.3 Å². The van der Waals surface area contributed by atoms with Crippen molar-refractivity contribution in [1.29, 1.82) is 0 Å². The number of amides is 2. The predicted molar refractivity (Wildman–Crippen MR) is 101 cm³/mol. The minimum absolute atomic E-state index is 0.00323. The van der Waals surface area contributed by atoms with Crippen LogP contribution < -0.4 is 9.64 Å². The van der Waals surface area contributed by atoms with Crippen molar-refractivity contribution in [2.45, 2.75) is 32.7 Å². The molecule has 0 unspecified atom stereocenters. The minimum atomic E-state index is 0.00323. The molecule has 2 aromatic rings. The molecule has 0 spiro atoms. The largest absolute Gasteiger partial charge is 0.494 e. The SMILES string of the molecule is CCOc1ccc(CN(C)C(=O)Cc2csc(N3CCCC3=O)n2)cc1. The van der Waals surface area contributed by atoms with Crippen LogP contribution in [0.5, 0.6) is 5.75 Å². The van der Waals surface area contributed by atoms with Gasteiger partial charge in [0.15, 0.2) is 5.13 Å². The average Bonchev–Trinajstić information content (AvgIpc) is 3.25. The van der Waals surface area contributed by atoms with Crippen LogP contribution in [0.25, 0.3) is 0 Å². The zero-order chi connectivity index (χ0) is 18.5. The number of rotatable bonds is 7. The molecule has 1 saturated heterocycles. The van der Waals surface area contributed by atoms with E-state index in [0.29, 0.717) is 30.4 Å². The molecule has 0 atom stereocenters. The highest BCUT2D eigenvalue weighted by Crippen LogP contribution is 2.25. The van der Waals surface area contributed by atoms with E-state index in [2.05, 4.69) is 4.98 Å². The lowest BCUT2D eigenvalue weighted by Gasteiger charge is -2.17. The van der Waals surface area contributed by atoms with Crippen molar-refractivity contribution < 1.29 is 14.3 Å². The number of aromatic nitrogens is 1. The number of carbonyl (C=O) groups excluding carboxylic acids is 2. The van der Waals surface area contributed by atoms with Crippen LogP contribution in [-0.2, 0) is 22.6 Å². The Hall–Kier alpha value is -2.41. The fraction of sp³-hybridized carbons (Fsp3) is 0.421. The van der Waals surface area contributed by atoms with Crippen molar-refractivity contribution in [2.24, 2.45) is 0 Å². The summed E-state index contributed by atoms with van der Waals surface area (Å²) >= 11 is 1.42. The predicted octanol–water partition coefficient (Wildman–Crippen LogP) is 2.87. The Bertz CT molecular complexity index is 773. The van der Waals surface area contributed by atoms with Gasteiger partial charge in [0, 0.05) is 31.9 Å². The highest BCUT2D eigenvalue weighted by atomic mass is 32.1. The lowest BCUT2D eigenvalue weighted by atomic mass is 10.2. The monoisotopic (exact) mass is 373 g/mol. The number of likely N-dealkylation sites (N-methyl/N-ethyl adjacent to an activating group) is 1. The van der Waals surface area contributed by atoms with E-state index < -0.39 is 0 Å². The second kappa shape index (κ2) is 8.31. The molecule has 0 aliphatic carbocycles. The molecule has 7 heteroatoms. The number of thiazole rings is 1. The highest BCUT2D eigenvalue weighted by molar-refractivity contribution is 7.14. The number of ether oxygens (including phenoxy) is 1. The molecule has 0 saturated carbocycles. The molecule has 0 radical (unpaired) electrons. The van der Waals surface area contributed by atoms with Crippen LogP contribution in [0.15, 0.2) is 29.6 Å². The van der Waals surface area contributed by atoms with Gasteiger partial charge < -0.3 is 9.64 Å². The maximum atomic E-state index is 12.5. The molecule has 2 amide bonds. The third-order valence-electron chi connectivity index (χ3n) is 4.26. The zero-order valence-electron chi connectivity index (χ0n) is 15.1. The summed E-state index contributed by atoms with van der Waals surface area (Å²) in [6.07, 6.45) is 1.70. The van der Waals surface area contributed by atoms with Crippen molar-refractivity contribution in [3.8, 4) is 5.75 Å². The quantitative estimate of drug-likeness (QED) is 0.749. The third kappa shape index (κ3) is 4.40. The molecule has 1 aromatic carbocycles. The fourth-order valence-corrected chi connectivity index (χ4v) is 3.73. The number of hydrogen-bond acceptors (Lipinski definition) is 5. The van der Waals surface area contributed by atoms with E-state index in [-0.39, 0.29) is 18.2 Å². The molecular formula is C19H23N3O3S. The maximum Gasteiger partial charge on any atom is 0.228 e. The van der Waals surface area contributed by atoms with Gasteiger partial charge in [0.25, 0.3) is 0 Å². The molecule has 138 valence electrons. The fourth-order valence-electron chi connectivity index (χ4n) is 2.86. The zero-order valence-corrected chi connectivity index (χ0v) is 15.9. The molecule has 3 rings (SSSR count). The van der Waals surface area contributed by atoms with Crippen molar-refractivity contribution in [3.63, 3.8) is 0 Å². The lowest BCUT2D eigenvalue weighted by Crippen LogP contribution is -2.28. The van der Waals surface area contributed by atoms with E-state index in [4.69, 9.17) is 4.74 Å². The number of nitrogens with zero attached hydrogens (tertiary/aromatic N) is 3. The summed E-state index contributed by atoms with van der Waals surface area (Å²) in [6.45, 7) is 3.84. The normalized spacial score (nSPS) is 13.9. The first kappa shape index (κ1) is 18.4. The van der Waals surface area contributed by atoms with Crippen molar-refractivity contribution in [2.75, 3.05) is 25.1 Å². The van der Waals surface area contributed by atoms with Gasteiger partial charge >= 0.3 is 0 Å². The number of benzene rings is 1. The van der Waals surface area contributed by atoms with E-state index in [0.717, 1.165) is 24.3 Å². The summed E-state index contributed by atoms with van der Waals surface area (Å²) < 4.78 is 5.43. The van der Waals surface area contributed by atoms with Gasteiger partial charge in [0.1, 0.15) is 5.75 Å². The van der Waals surface area contributed by atoms with Gasteiger partial charge in [-0.05, 0) is 31.0 Å². The Morgan fingerprint density at radius 2 is 2.12 bits per heavy atom. The molecule has 0 bridgehead atoms. The second-order valence-electron chi connectivity index (χ2n) is 6.27. The Kier molecular flexibility index (Phi) is 5.88. The summed E-state index contributed by atoms with van der Waals surface area (Å²) in [5.74, 6) is 0.949. The van der Waals surface area contributed by atoms with Crippen LogP contribution in [-0.4, -0.2) is 41.9 Å². The second-order valence-corrected chi connectivity index (χ2v) is 7.11.